The Labute approximate surface area is 185 Å². The molecule has 0 aliphatic rings. The molecular weight excluding hydrogens is 406 g/mol. The van der Waals surface area contributed by atoms with Crippen LogP contribution < -0.4 is 5.73 Å². The number of fused-ring (bicyclic) bond motifs is 2. The Morgan fingerprint density at radius 1 is 1.16 bits per heavy atom. The van der Waals surface area contributed by atoms with Gasteiger partial charge in [0.25, 0.3) is 5.91 Å². The highest BCUT2D eigenvalue weighted by molar-refractivity contribution is 5.98. The Morgan fingerprint density at radius 2 is 1.91 bits per heavy atom. The zero-order valence-electron chi connectivity index (χ0n) is 18.8. The van der Waals surface area contributed by atoms with Gasteiger partial charge in [0.15, 0.2) is 5.65 Å². The summed E-state index contributed by atoms with van der Waals surface area (Å²) in [5.41, 5.74) is 10.7. The molecule has 2 amide bonds. The number of nitrogens with zero attached hydrogens (tertiary/aromatic N) is 6. The van der Waals surface area contributed by atoms with Gasteiger partial charge in [0.05, 0.1) is 23.8 Å². The van der Waals surface area contributed by atoms with Crippen molar-refractivity contribution in [2.45, 2.75) is 46.7 Å². The van der Waals surface area contributed by atoms with Crippen molar-refractivity contribution in [3.05, 3.63) is 58.8 Å². The molecule has 9 heteroatoms. The van der Waals surface area contributed by atoms with E-state index in [0.29, 0.717) is 25.0 Å². The molecule has 166 valence electrons. The molecule has 0 aliphatic carbocycles. The summed E-state index contributed by atoms with van der Waals surface area (Å²) in [4.78, 5) is 35.4. The van der Waals surface area contributed by atoms with Gasteiger partial charge in [0.1, 0.15) is 11.4 Å². The van der Waals surface area contributed by atoms with E-state index in [1.54, 1.807) is 16.5 Å². The first kappa shape index (κ1) is 21.5. The van der Waals surface area contributed by atoms with Gasteiger partial charge in [-0.15, -0.1) is 0 Å². The first-order chi connectivity index (χ1) is 15.3. The fourth-order valence-corrected chi connectivity index (χ4v) is 4.17. The van der Waals surface area contributed by atoms with Crippen LogP contribution in [0.15, 0.2) is 30.5 Å². The number of amides is 2. The van der Waals surface area contributed by atoms with Crippen LogP contribution in [-0.4, -0.2) is 47.9 Å². The Morgan fingerprint density at radius 3 is 2.62 bits per heavy atom. The van der Waals surface area contributed by atoms with E-state index in [1.165, 1.54) is 6.20 Å². The van der Waals surface area contributed by atoms with E-state index >= 15 is 0 Å². The number of carbonyl (C=O) groups is 2. The van der Waals surface area contributed by atoms with E-state index in [0.717, 1.165) is 40.4 Å². The lowest BCUT2D eigenvalue weighted by molar-refractivity contribution is -0.130. The predicted molar refractivity (Wildman–Crippen MR) is 121 cm³/mol. The number of benzene rings is 1. The van der Waals surface area contributed by atoms with Crippen molar-refractivity contribution in [2.24, 2.45) is 5.73 Å². The van der Waals surface area contributed by atoms with Gasteiger partial charge in [-0.3, -0.25) is 9.59 Å². The number of para-hydroxylation sites is 2. The molecular formula is C23H27N7O2. The number of aromatic nitrogens is 5. The molecule has 0 bridgehead atoms. The molecule has 0 saturated carbocycles. The molecule has 2 N–H and O–H groups in total. The van der Waals surface area contributed by atoms with E-state index in [4.69, 9.17) is 10.7 Å². The van der Waals surface area contributed by atoms with Gasteiger partial charge in [0, 0.05) is 31.4 Å². The van der Waals surface area contributed by atoms with Crippen molar-refractivity contribution in [1.29, 1.82) is 0 Å². The highest BCUT2D eigenvalue weighted by Gasteiger charge is 2.19. The Kier molecular flexibility index (Phi) is 5.65. The molecule has 4 rings (SSSR count). The maximum Gasteiger partial charge on any atom is 0.254 e. The van der Waals surface area contributed by atoms with Gasteiger partial charge >= 0.3 is 0 Å². The van der Waals surface area contributed by atoms with E-state index in [1.807, 2.05) is 38.1 Å². The first-order valence-corrected chi connectivity index (χ1v) is 10.6. The second-order valence-electron chi connectivity index (χ2n) is 7.93. The topological polar surface area (TPSA) is 111 Å². The lowest BCUT2D eigenvalue weighted by Crippen LogP contribution is -2.28. The Balaban J connectivity index is 1.50. The molecule has 1 aromatic carbocycles. The van der Waals surface area contributed by atoms with Crippen LogP contribution in [0.4, 0.5) is 0 Å². The number of imidazole rings is 1. The predicted octanol–water partition coefficient (Wildman–Crippen LogP) is 2.41. The molecule has 3 aromatic heterocycles. The lowest BCUT2D eigenvalue weighted by Gasteiger charge is -2.18. The van der Waals surface area contributed by atoms with Gasteiger partial charge < -0.3 is 15.2 Å². The summed E-state index contributed by atoms with van der Waals surface area (Å²) in [6.45, 7) is 7.09. The van der Waals surface area contributed by atoms with Gasteiger partial charge in [-0.25, -0.2) is 14.5 Å². The molecule has 3 heterocycles. The van der Waals surface area contributed by atoms with Crippen LogP contribution in [0.3, 0.4) is 0 Å². The number of hydrogen-bond donors (Lipinski definition) is 1. The zero-order chi connectivity index (χ0) is 23.0. The molecule has 0 atom stereocenters. The Hall–Kier alpha value is -3.75. The summed E-state index contributed by atoms with van der Waals surface area (Å²) >= 11 is 0. The summed E-state index contributed by atoms with van der Waals surface area (Å²) < 4.78 is 3.75. The van der Waals surface area contributed by atoms with Crippen LogP contribution in [0, 0.1) is 13.8 Å². The Bertz CT molecular complexity index is 1340. The maximum atomic E-state index is 12.9. The van der Waals surface area contributed by atoms with Crippen LogP contribution in [0.25, 0.3) is 16.7 Å². The van der Waals surface area contributed by atoms with Gasteiger partial charge in [-0.2, -0.15) is 5.10 Å². The fourth-order valence-electron chi connectivity index (χ4n) is 4.17. The molecule has 0 fully saturated rings. The monoisotopic (exact) mass is 433 g/mol. The fraction of sp³-hybridized carbons (Fsp3) is 0.348. The standard InChI is InChI=1S/C23H27N7O2/c1-5-29-19-9-7-6-8-18(19)27-20(29)13-28(4)21(31)11-10-16-14(2)26-23-17(22(24)32)12-25-30(23)15(16)3/h6-9,12H,5,10-11,13H2,1-4H3,(H2,24,32). The van der Waals surface area contributed by atoms with Crippen molar-refractivity contribution in [3.8, 4) is 0 Å². The summed E-state index contributed by atoms with van der Waals surface area (Å²) in [6, 6.07) is 8.00. The normalized spacial score (nSPS) is 11.4. The van der Waals surface area contributed by atoms with Crippen molar-refractivity contribution in [3.63, 3.8) is 0 Å². The number of primary amides is 1. The van der Waals surface area contributed by atoms with Crippen molar-refractivity contribution in [1.82, 2.24) is 29.0 Å². The lowest BCUT2D eigenvalue weighted by atomic mass is 10.1. The first-order valence-electron chi connectivity index (χ1n) is 10.6. The van der Waals surface area contributed by atoms with Gasteiger partial charge in [-0.1, -0.05) is 12.1 Å². The van der Waals surface area contributed by atoms with E-state index in [9.17, 15) is 9.59 Å². The highest BCUT2D eigenvalue weighted by atomic mass is 16.2. The molecule has 0 saturated heterocycles. The van der Waals surface area contributed by atoms with E-state index < -0.39 is 5.91 Å². The third-order valence-electron chi connectivity index (χ3n) is 5.92. The van der Waals surface area contributed by atoms with Crippen LogP contribution in [0.5, 0.6) is 0 Å². The average molecular weight is 434 g/mol. The summed E-state index contributed by atoms with van der Waals surface area (Å²) in [5.74, 6) is 0.335. The molecule has 0 radical (unpaired) electrons. The van der Waals surface area contributed by atoms with Crippen LogP contribution in [0.2, 0.25) is 0 Å². The average Bonchev–Trinajstić information content (AvgIpc) is 3.34. The quantitative estimate of drug-likeness (QED) is 0.481. The second-order valence-corrected chi connectivity index (χ2v) is 7.93. The number of carbonyl (C=O) groups excluding carboxylic acids is 2. The molecule has 9 nitrogen and oxygen atoms in total. The van der Waals surface area contributed by atoms with Crippen molar-refractivity contribution < 1.29 is 9.59 Å². The largest absolute Gasteiger partial charge is 0.365 e. The number of hydrogen-bond acceptors (Lipinski definition) is 5. The van der Waals surface area contributed by atoms with Crippen LogP contribution >= 0.6 is 0 Å². The van der Waals surface area contributed by atoms with Crippen LogP contribution in [0.1, 0.15) is 46.5 Å². The minimum Gasteiger partial charge on any atom is -0.365 e. The molecule has 32 heavy (non-hydrogen) atoms. The number of nitrogens with two attached hydrogens (primary N) is 1. The molecule has 0 unspecified atom stereocenters. The van der Waals surface area contributed by atoms with E-state index in [2.05, 4.69) is 21.6 Å². The highest BCUT2D eigenvalue weighted by Crippen LogP contribution is 2.20. The third kappa shape index (κ3) is 3.70. The molecule has 0 aliphatic heterocycles. The molecule has 4 aromatic rings. The minimum absolute atomic E-state index is 0.0249. The zero-order valence-corrected chi connectivity index (χ0v) is 18.8. The minimum atomic E-state index is -0.561. The summed E-state index contributed by atoms with van der Waals surface area (Å²) in [5, 5.41) is 4.25. The molecule has 0 spiro atoms. The number of aryl methyl sites for hydroxylation is 3. The van der Waals surface area contributed by atoms with Crippen LogP contribution in [-0.2, 0) is 24.3 Å². The number of rotatable bonds is 7. The summed E-state index contributed by atoms with van der Waals surface area (Å²) in [6.07, 6.45) is 2.29. The smallest absolute Gasteiger partial charge is 0.254 e. The SMILES string of the molecule is CCn1c(CN(C)C(=O)CCc2c(C)nc3c(C(N)=O)cnn3c2C)nc2ccccc21. The maximum absolute atomic E-state index is 12.9. The van der Waals surface area contributed by atoms with Crippen molar-refractivity contribution >= 4 is 28.5 Å². The van der Waals surface area contributed by atoms with Crippen molar-refractivity contribution in [2.75, 3.05) is 7.05 Å². The second kappa shape index (κ2) is 8.41. The third-order valence-corrected chi connectivity index (χ3v) is 5.92. The van der Waals surface area contributed by atoms with Gasteiger partial charge in [0.2, 0.25) is 5.91 Å². The van der Waals surface area contributed by atoms with E-state index in [-0.39, 0.29) is 11.5 Å². The summed E-state index contributed by atoms with van der Waals surface area (Å²) in [7, 11) is 1.80. The van der Waals surface area contributed by atoms with Gasteiger partial charge in [-0.05, 0) is 44.9 Å².